The minimum absolute atomic E-state index is 0.165. The maximum Gasteiger partial charge on any atom is 0.338 e. The van der Waals surface area contributed by atoms with E-state index >= 15 is 0 Å². The first-order valence-electron chi connectivity index (χ1n) is 5.63. The molecule has 2 N–H and O–H groups in total. The van der Waals surface area contributed by atoms with Crippen molar-refractivity contribution in [1.29, 1.82) is 0 Å². The van der Waals surface area contributed by atoms with Crippen molar-refractivity contribution in [3.05, 3.63) is 62.0 Å². The normalized spacial score (nSPS) is 10.3. The van der Waals surface area contributed by atoms with Crippen molar-refractivity contribution in [3.8, 4) is 0 Å². The van der Waals surface area contributed by atoms with Crippen molar-refractivity contribution in [1.82, 2.24) is 0 Å². The van der Waals surface area contributed by atoms with Crippen molar-refractivity contribution >= 4 is 50.8 Å². The van der Waals surface area contributed by atoms with Crippen molar-refractivity contribution in [2.75, 3.05) is 5.73 Å². The number of benzene rings is 2. The van der Waals surface area contributed by atoms with Crippen LogP contribution in [0.3, 0.4) is 0 Å². The molecule has 0 saturated carbocycles. The fraction of sp³-hybridized carbons (Fsp3) is 0.0714. The molecule has 0 bridgehead atoms. The van der Waals surface area contributed by atoms with Crippen molar-refractivity contribution in [3.63, 3.8) is 0 Å². The van der Waals surface area contributed by atoms with Crippen LogP contribution in [0.15, 0.2) is 40.9 Å². The molecule has 3 nitrogen and oxygen atoms in total. The second-order valence-electron chi connectivity index (χ2n) is 4.07. The summed E-state index contributed by atoms with van der Waals surface area (Å²) < 4.78 is 6.12. The number of carbonyl (C=O) groups excluding carboxylic acids is 1. The molecule has 104 valence electrons. The summed E-state index contributed by atoms with van der Waals surface area (Å²) in [7, 11) is 0. The topological polar surface area (TPSA) is 52.3 Å². The smallest absolute Gasteiger partial charge is 0.338 e. The average molecular weight is 375 g/mol. The van der Waals surface area contributed by atoms with E-state index in [9.17, 15) is 4.79 Å². The number of anilines is 1. The highest BCUT2D eigenvalue weighted by Crippen LogP contribution is 2.29. The zero-order valence-electron chi connectivity index (χ0n) is 10.2. The molecule has 0 atom stereocenters. The predicted octanol–water partition coefficient (Wildman–Crippen LogP) is 4.70. The van der Waals surface area contributed by atoms with Gasteiger partial charge in [-0.2, -0.15) is 0 Å². The first kappa shape index (κ1) is 15.2. The number of nitrogen functional groups attached to an aromatic ring is 1. The molecule has 0 aromatic heterocycles. The van der Waals surface area contributed by atoms with E-state index in [2.05, 4.69) is 15.9 Å². The van der Waals surface area contributed by atoms with Gasteiger partial charge in [-0.1, -0.05) is 51.3 Å². The third-order valence-corrected chi connectivity index (χ3v) is 3.86. The second kappa shape index (κ2) is 6.48. The van der Waals surface area contributed by atoms with Crippen LogP contribution in [0.1, 0.15) is 15.9 Å². The van der Waals surface area contributed by atoms with Crippen LogP contribution in [0.25, 0.3) is 0 Å². The molecular formula is C14H10BrCl2NO2. The van der Waals surface area contributed by atoms with Gasteiger partial charge in [0.15, 0.2) is 0 Å². The highest BCUT2D eigenvalue weighted by molar-refractivity contribution is 9.10. The van der Waals surface area contributed by atoms with Crippen LogP contribution in [-0.2, 0) is 11.3 Å². The Morgan fingerprint density at radius 3 is 2.65 bits per heavy atom. The summed E-state index contributed by atoms with van der Waals surface area (Å²) in [5.74, 6) is -0.504. The van der Waals surface area contributed by atoms with Gasteiger partial charge in [0.05, 0.1) is 21.3 Å². The molecule has 0 radical (unpaired) electrons. The van der Waals surface area contributed by atoms with Crippen LogP contribution in [0, 0.1) is 0 Å². The molecule has 0 heterocycles. The lowest BCUT2D eigenvalue weighted by molar-refractivity contribution is 0.0472. The zero-order valence-corrected chi connectivity index (χ0v) is 13.3. The van der Waals surface area contributed by atoms with Crippen LogP contribution < -0.4 is 5.73 Å². The second-order valence-corrected chi connectivity index (χ2v) is 5.77. The van der Waals surface area contributed by atoms with Gasteiger partial charge in [-0.3, -0.25) is 0 Å². The molecule has 0 amide bonds. The Kier molecular flexibility index (Phi) is 4.91. The Bertz CT molecular complexity index is 638. The van der Waals surface area contributed by atoms with Gasteiger partial charge < -0.3 is 10.5 Å². The van der Waals surface area contributed by atoms with E-state index in [-0.39, 0.29) is 27.9 Å². The van der Waals surface area contributed by atoms with Gasteiger partial charge in [0, 0.05) is 4.47 Å². The van der Waals surface area contributed by atoms with Gasteiger partial charge in [-0.15, -0.1) is 0 Å². The Morgan fingerprint density at radius 2 is 2.00 bits per heavy atom. The quantitative estimate of drug-likeness (QED) is 0.626. The molecule has 0 aliphatic heterocycles. The number of hydrogen-bond acceptors (Lipinski definition) is 3. The maximum atomic E-state index is 11.9. The molecule has 2 aromatic rings. The van der Waals surface area contributed by atoms with Gasteiger partial charge >= 0.3 is 5.97 Å². The third-order valence-electron chi connectivity index (χ3n) is 2.55. The number of halogens is 3. The fourth-order valence-corrected chi connectivity index (χ4v) is 2.37. The molecule has 2 rings (SSSR count). The standard InChI is InChI=1S/C14H10BrCl2NO2/c15-10-3-1-2-8(4-10)7-20-14(19)9-5-11(16)13(17)12(18)6-9/h1-6H,7,18H2. The summed E-state index contributed by atoms with van der Waals surface area (Å²) in [6.07, 6.45) is 0. The summed E-state index contributed by atoms with van der Waals surface area (Å²) in [5.41, 5.74) is 7.05. The SMILES string of the molecule is Nc1cc(C(=O)OCc2cccc(Br)c2)cc(Cl)c1Cl. The highest BCUT2D eigenvalue weighted by atomic mass is 79.9. The van der Waals surface area contributed by atoms with E-state index in [0.717, 1.165) is 10.0 Å². The minimum atomic E-state index is -0.504. The Labute approximate surface area is 134 Å². The van der Waals surface area contributed by atoms with E-state index in [4.69, 9.17) is 33.7 Å². The van der Waals surface area contributed by atoms with Crippen LogP contribution >= 0.6 is 39.1 Å². The summed E-state index contributed by atoms with van der Waals surface area (Å²) >= 11 is 15.1. The number of esters is 1. The Hall–Kier alpha value is -1.23. The van der Waals surface area contributed by atoms with E-state index in [1.807, 2.05) is 24.3 Å². The van der Waals surface area contributed by atoms with E-state index in [1.54, 1.807) is 0 Å². The van der Waals surface area contributed by atoms with Gasteiger partial charge in [0.25, 0.3) is 0 Å². The largest absolute Gasteiger partial charge is 0.457 e. The van der Waals surface area contributed by atoms with Crippen LogP contribution in [-0.4, -0.2) is 5.97 Å². The third kappa shape index (κ3) is 3.66. The molecule has 0 fully saturated rings. The zero-order chi connectivity index (χ0) is 14.7. The molecule has 6 heteroatoms. The number of hydrogen-bond donors (Lipinski definition) is 1. The van der Waals surface area contributed by atoms with Crippen LogP contribution in [0.5, 0.6) is 0 Å². The lowest BCUT2D eigenvalue weighted by atomic mass is 10.2. The minimum Gasteiger partial charge on any atom is -0.457 e. The molecule has 2 aromatic carbocycles. The summed E-state index contributed by atoms with van der Waals surface area (Å²) in [6, 6.07) is 10.4. The molecule has 0 saturated heterocycles. The molecule has 0 spiro atoms. The van der Waals surface area contributed by atoms with Crippen molar-refractivity contribution < 1.29 is 9.53 Å². The van der Waals surface area contributed by atoms with Crippen LogP contribution in [0.2, 0.25) is 10.0 Å². The molecule has 0 aliphatic carbocycles. The van der Waals surface area contributed by atoms with Gasteiger partial charge in [0.2, 0.25) is 0 Å². The lowest BCUT2D eigenvalue weighted by Gasteiger charge is -2.08. The van der Waals surface area contributed by atoms with Crippen molar-refractivity contribution in [2.24, 2.45) is 0 Å². The first-order chi connectivity index (χ1) is 9.47. The number of nitrogens with two attached hydrogens (primary N) is 1. The predicted molar refractivity (Wildman–Crippen MR) is 84.1 cm³/mol. The molecule has 20 heavy (non-hydrogen) atoms. The highest BCUT2D eigenvalue weighted by Gasteiger charge is 2.12. The Balaban J connectivity index is 2.09. The summed E-state index contributed by atoms with van der Waals surface area (Å²) in [6.45, 7) is 0.165. The molecule has 0 unspecified atom stereocenters. The van der Waals surface area contributed by atoms with E-state index in [1.165, 1.54) is 12.1 Å². The number of ether oxygens (including phenoxy) is 1. The van der Waals surface area contributed by atoms with E-state index in [0.29, 0.717) is 0 Å². The number of carbonyl (C=O) groups is 1. The van der Waals surface area contributed by atoms with Crippen LogP contribution in [0.4, 0.5) is 5.69 Å². The number of rotatable bonds is 3. The van der Waals surface area contributed by atoms with Crippen molar-refractivity contribution in [2.45, 2.75) is 6.61 Å². The summed E-state index contributed by atoms with van der Waals surface area (Å²) in [5, 5.41) is 0.455. The lowest BCUT2D eigenvalue weighted by Crippen LogP contribution is -2.06. The Morgan fingerprint density at radius 1 is 1.25 bits per heavy atom. The monoisotopic (exact) mass is 373 g/mol. The summed E-state index contributed by atoms with van der Waals surface area (Å²) in [4.78, 5) is 11.9. The molecular weight excluding hydrogens is 365 g/mol. The maximum absolute atomic E-state index is 11.9. The van der Waals surface area contributed by atoms with E-state index < -0.39 is 5.97 Å². The van der Waals surface area contributed by atoms with Gasteiger partial charge in [-0.25, -0.2) is 4.79 Å². The average Bonchev–Trinajstić information content (AvgIpc) is 2.41. The molecule has 0 aliphatic rings. The first-order valence-corrected chi connectivity index (χ1v) is 7.18. The van der Waals surface area contributed by atoms with Gasteiger partial charge in [-0.05, 0) is 29.8 Å². The fourth-order valence-electron chi connectivity index (χ4n) is 1.59. The van der Waals surface area contributed by atoms with Gasteiger partial charge in [0.1, 0.15) is 6.61 Å².